The van der Waals surface area contributed by atoms with Crippen LogP contribution in [-0.4, -0.2) is 41.4 Å². The fraction of sp³-hybridized carbons (Fsp3) is 0.0606. The van der Waals surface area contributed by atoms with Crippen LogP contribution in [0.4, 0.5) is 33.6 Å². The summed E-state index contributed by atoms with van der Waals surface area (Å²) in [7, 11) is 3.83. The number of fused-ring (bicyclic) bond motifs is 3. The molecule has 0 amide bonds. The highest BCUT2D eigenvalue weighted by atomic mass is 32.1. The van der Waals surface area contributed by atoms with Crippen LogP contribution in [0.5, 0.6) is 11.5 Å². The van der Waals surface area contributed by atoms with Gasteiger partial charge in [-0.15, -0.1) is 0 Å². The monoisotopic (exact) mass is 647 g/mol. The zero-order valence-corrected chi connectivity index (χ0v) is 25.8. The molecule has 14 heteroatoms. The molecule has 0 atom stereocenters. The van der Waals surface area contributed by atoms with E-state index in [0.29, 0.717) is 28.1 Å². The number of non-ortho nitro benzene ring substituents is 2. The first kappa shape index (κ1) is 30.6. The number of aliphatic imine (C=N–C) groups is 2. The quantitative estimate of drug-likeness (QED) is 0.102. The van der Waals surface area contributed by atoms with Crippen LogP contribution >= 0.6 is 11.3 Å². The van der Waals surface area contributed by atoms with Gasteiger partial charge in [-0.25, -0.2) is 9.98 Å². The third kappa shape index (κ3) is 6.82. The molecule has 47 heavy (non-hydrogen) atoms. The molecule has 0 saturated carbocycles. The Morgan fingerprint density at radius 1 is 0.723 bits per heavy atom. The maximum Gasteiger partial charge on any atom is 0.270 e. The van der Waals surface area contributed by atoms with Crippen LogP contribution in [-0.2, 0) is 0 Å². The van der Waals surface area contributed by atoms with Crippen LogP contribution in [0.25, 0.3) is 10.2 Å². The molecule has 2 aliphatic heterocycles. The lowest BCUT2D eigenvalue weighted by molar-refractivity contribution is -0.385. The molecule has 0 saturated heterocycles. The Bertz CT molecular complexity index is 2110. The second-order valence-electron chi connectivity index (χ2n) is 10.0. The zero-order valence-electron chi connectivity index (χ0n) is 25.0. The number of nitro benzene ring substituents is 2. The lowest BCUT2D eigenvalue weighted by Crippen LogP contribution is -2.13. The van der Waals surface area contributed by atoms with E-state index in [0.717, 1.165) is 27.6 Å². The number of benzene rings is 4. The van der Waals surface area contributed by atoms with Crippen molar-refractivity contribution in [3.8, 4) is 11.5 Å². The third-order valence-electron chi connectivity index (χ3n) is 7.02. The molecular formula is C33H25N7O6S. The lowest BCUT2D eigenvalue weighted by Gasteiger charge is -2.09. The minimum Gasteiger partial charge on any atom is -0.439 e. The summed E-state index contributed by atoms with van der Waals surface area (Å²) >= 11 is 1.30. The summed E-state index contributed by atoms with van der Waals surface area (Å²) in [5.74, 6) is 2.95. The second kappa shape index (κ2) is 13.3. The molecule has 0 fully saturated rings. The zero-order chi connectivity index (χ0) is 32.9. The van der Waals surface area contributed by atoms with Gasteiger partial charge in [0.15, 0.2) is 11.5 Å². The summed E-state index contributed by atoms with van der Waals surface area (Å²) < 4.78 is 12.2. The molecule has 0 radical (unpaired) electrons. The van der Waals surface area contributed by atoms with Gasteiger partial charge < -0.3 is 19.3 Å². The van der Waals surface area contributed by atoms with Crippen molar-refractivity contribution < 1.29 is 19.3 Å². The number of rotatable bonds is 6. The Kier molecular flexibility index (Phi) is 8.66. The van der Waals surface area contributed by atoms with Crippen LogP contribution in [0.15, 0.2) is 125 Å². The van der Waals surface area contributed by atoms with E-state index in [2.05, 4.69) is 15.0 Å². The second-order valence-corrected chi connectivity index (χ2v) is 11.0. The van der Waals surface area contributed by atoms with E-state index in [1.54, 1.807) is 42.8 Å². The molecule has 0 spiro atoms. The fourth-order valence-electron chi connectivity index (χ4n) is 4.61. The van der Waals surface area contributed by atoms with Gasteiger partial charge in [0.05, 0.1) is 37.1 Å². The summed E-state index contributed by atoms with van der Waals surface area (Å²) in [5, 5.41) is 21.9. The molecule has 7 rings (SSSR count). The average Bonchev–Trinajstić information content (AvgIpc) is 3.74. The predicted octanol–water partition coefficient (Wildman–Crippen LogP) is 7.94. The van der Waals surface area contributed by atoms with E-state index in [1.165, 1.54) is 35.6 Å². The number of para-hydroxylation sites is 4. The number of aromatic nitrogens is 1. The largest absolute Gasteiger partial charge is 0.439 e. The van der Waals surface area contributed by atoms with Crippen molar-refractivity contribution in [1.29, 1.82) is 0 Å². The SMILES string of the molecule is CN1/C(=C\C=Nc2ccc([N+](=O)[O-])cc2)Oc2ccccc21.CN1/C(=C\C=Nc2nc3ccc([N+](=O)[O-])cc3s2)Oc2ccccc21. The first-order valence-corrected chi connectivity index (χ1v) is 14.9. The van der Waals surface area contributed by atoms with Crippen LogP contribution in [0.1, 0.15) is 0 Å². The number of anilines is 2. The summed E-state index contributed by atoms with van der Waals surface area (Å²) in [6, 6.07) is 26.1. The van der Waals surface area contributed by atoms with E-state index in [-0.39, 0.29) is 11.4 Å². The number of nitrogens with zero attached hydrogens (tertiary/aromatic N) is 7. The van der Waals surface area contributed by atoms with Crippen molar-refractivity contribution in [2.45, 2.75) is 0 Å². The number of ether oxygens (including phenoxy) is 2. The molecule has 1 aromatic heterocycles. The van der Waals surface area contributed by atoms with Gasteiger partial charge in [0.25, 0.3) is 11.4 Å². The van der Waals surface area contributed by atoms with Crippen LogP contribution < -0.4 is 19.3 Å². The summed E-state index contributed by atoms with van der Waals surface area (Å²) in [6.07, 6.45) is 6.73. The van der Waals surface area contributed by atoms with Gasteiger partial charge >= 0.3 is 0 Å². The van der Waals surface area contributed by atoms with Crippen LogP contribution in [0.2, 0.25) is 0 Å². The molecule has 0 bridgehead atoms. The van der Waals surface area contributed by atoms with E-state index in [1.807, 2.05) is 72.4 Å². The van der Waals surface area contributed by atoms with Crippen molar-refractivity contribution in [3.63, 3.8) is 0 Å². The molecule has 3 heterocycles. The van der Waals surface area contributed by atoms with Gasteiger partial charge in [0.2, 0.25) is 16.9 Å². The Balaban J connectivity index is 0.000000166. The third-order valence-corrected chi connectivity index (χ3v) is 7.94. The smallest absolute Gasteiger partial charge is 0.270 e. The molecule has 13 nitrogen and oxygen atoms in total. The topological polar surface area (TPSA) is 149 Å². The minimum absolute atomic E-state index is 0.0478. The van der Waals surface area contributed by atoms with Gasteiger partial charge in [-0.2, -0.15) is 0 Å². The van der Waals surface area contributed by atoms with E-state index in [4.69, 9.17) is 9.47 Å². The maximum atomic E-state index is 10.8. The Morgan fingerprint density at radius 2 is 1.26 bits per heavy atom. The van der Waals surface area contributed by atoms with Crippen molar-refractivity contribution in [3.05, 3.63) is 135 Å². The highest BCUT2D eigenvalue weighted by Crippen LogP contribution is 2.38. The fourth-order valence-corrected chi connectivity index (χ4v) is 5.47. The van der Waals surface area contributed by atoms with Crippen molar-refractivity contribution in [2.75, 3.05) is 23.9 Å². The highest BCUT2D eigenvalue weighted by Gasteiger charge is 2.22. The number of allylic oxidation sites excluding steroid dienone is 2. The van der Waals surface area contributed by atoms with Crippen molar-refractivity contribution in [2.24, 2.45) is 9.98 Å². The maximum absolute atomic E-state index is 10.8. The molecule has 0 aliphatic carbocycles. The normalized spacial score (nSPS) is 15.1. The molecule has 0 N–H and O–H groups in total. The van der Waals surface area contributed by atoms with E-state index < -0.39 is 9.85 Å². The lowest BCUT2D eigenvalue weighted by atomic mass is 10.3. The minimum atomic E-state index is -0.436. The summed E-state index contributed by atoms with van der Waals surface area (Å²) in [4.78, 5) is 37.3. The van der Waals surface area contributed by atoms with Crippen molar-refractivity contribution in [1.82, 2.24) is 4.98 Å². The number of nitro groups is 2. The number of thiazole rings is 1. The summed E-state index contributed by atoms with van der Waals surface area (Å²) in [6.45, 7) is 0. The van der Waals surface area contributed by atoms with Crippen LogP contribution in [0, 0.1) is 20.2 Å². The van der Waals surface area contributed by atoms with E-state index in [9.17, 15) is 20.2 Å². The highest BCUT2D eigenvalue weighted by molar-refractivity contribution is 7.22. The Hall–Kier alpha value is -6.41. The Labute approximate surface area is 272 Å². The molecule has 0 unspecified atom stereocenters. The van der Waals surface area contributed by atoms with E-state index >= 15 is 0 Å². The molecule has 234 valence electrons. The van der Waals surface area contributed by atoms with Gasteiger partial charge in [0.1, 0.15) is 0 Å². The number of hydrogen-bond donors (Lipinski definition) is 0. The Morgan fingerprint density at radius 3 is 1.81 bits per heavy atom. The summed E-state index contributed by atoms with van der Waals surface area (Å²) in [5.41, 5.74) is 3.42. The van der Waals surface area contributed by atoms with Crippen LogP contribution in [0.3, 0.4) is 0 Å². The first-order valence-electron chi connectivity index (χ1n) is 14.1. The van der Waals surface area contributed by atoms with Gasteiger partial charge in [-0.1, -0.05) is 35.6 Å². The standard InChI is InChI=1S/C17H12N4O3S.C16H13N3O3/c1-20-13-4-2-3-5-14(13)24-16(20)8-9-18-17-19-12-7-6-11(21(22)23)10-15(12)25-17;1-18-14-4-2-3-5-15(14)22-16(18)10-11-17-12-6-8-13(9-7-12)19(20)21/h2-10H,1H3;2-11H,1H3/b16-8+,18-9?;16-10+,17-11?. The van der Waals surface area contributed by atoms with Crippen molar-refractivity contribution >= 4 is 67.6 Å². The van der Waals surface area contributed by atoms with Gasteiger partial charge in [-0.05, 0) is 42.5 Å². The van der Waals surface area contributed by atoms with Gasteiger partial charge in [0, 0.05) is 62.9 Å². The first-order chi connectivity index (χ1) is 22.8. The predicted molar refractivity (Wildman–Crippen MR) is 183 cm³/mol. The molecule has 2 aliphatic rings. The molecule has 4 aromatic carbocycles. The average molecular weight is 648 g/mol. The van der Waals surface area contributed by atoms with Gasteiger partial charge in [-0.3, -0.25) is 25.2 Å². The number of hydrogen-bond acceptors (Lipinski definition) is 12. The molecule has 5 aromatic rings. The molecular weight excluding hydrogens is 622 g/mol.